The van der Waals surface area contributed by atoms with Crippen molar-refractivity contribution in [2.75, 3.05) is 33.9 Å². The maximum atomic E-state index is 13.1. The highest BCUT2D eigenvalue weighted by Crippen LogP contribution is 2.31. The Kier molecular flexibility index (Phi) is 14.5. The van der Waals surface area contributed by atoms with Gasteiger partial charge in [0.15, 0.2) is 5.82 Å². The molecule has 2 aliphatic heterocycles. The zero-order valence-corrected chi connectivity index (χ0v) is 29.9. The van der Waals surface area contributed by atoms with E-state index in [0.29, 0.717) is 29.1 Å². The van der Waals surface area contributed by atoms with Crippen molar-refractivity contribution in [1.29, 1.82) is 0 Å². The number of hydrogen-bond donors (Lipinski definition) is 3. The van der Waals surface area contributed by atoms with E-state index >= 15 is 0 Å². The molecule has 1 amide bonds. The lowest BCUT2D eigenvalue weighted by atomic mass is 9.93. The van der Waals surface area contributed by atoms with Gasteiger partial charge in [0, 0.05) is 43.3 Å². The van der Waals surface area contributed by atoms with Crippen LogP contribution in [0.2, 0.25) is 5.02 Å². The standard InChI is InChI=1S/C29H29ClN8O.C4F6O2.C2HF3O/c30-24-18-33-29-35-23-13-20(16-31-17-23)4-5-21-15-22(34-28(24)37-29)6-7-25(21)36-27(39)14-19-8-11-38(12-9-19)26-3-1-2-10-32-26;5-3(6,7)1(11)2(12)4(8,9)10;3-2(4,5)1-6/h1-3,6-7,10,13,15-19H,4-5,8-9,11-12,14H2,(H,36,39)(H2,33,34,35,37);;1H. The third-order valence-electron chi connectivity index (χ3n) is 8.04. The monoisotopic (exact) mass is 832 g/mol. The molecular weight excluding hydrogens is 803 g/mol. The van der Waals surface area contributed by atoms with E-state index in [9.17, 15) is 53.9 Å². The van der Waals surface area contributed by atoms with Crippen LogP contribution < -0.4 is 20.9 Å². The maximum Gasteiger partial charge on any atom is 0.458 e. The van der Waals surface area contributed by atoms with Crippen LogP contribution in [-0.4, -0.2) is 75.3 Å². The van der Waals surface area contributed by atoms with Gasteiger partial charge in [-0.3, -0.25) is 24.2 Å². The highest BCUT2D eigenvalue weighted by Gasteiger charge is 2.54. The molecular formula is C35H30ClF9N8O4. The van der Waals surface area contributed by atoms with Crippen molar-refractivity contribution < 1.29 is 58.7 Å². The number of ketones is 2. The quantitative estimate of drug-likeness (QED) is 0.103. The van der Waals surface area contributed by atoms with Crippen molar-refractivity contribution >= 4 is 70.0 Å². The minimum absolute atomic E-state index is 0.0440. The van der Waals surface area contributed by atoms with Gasteiger partial charge in [-0.25, -0.2) is 9.97 Å². The summed E-state index contributed by atoms with van der Waals surface area (Å²) in [5.74, 6) is -4.49. The van der Waals surface area contributed by atoms with Crippen LogP contribution in [0, 0.1) is 5.92 Å². The van der Waals surface area contributed by atoms with Crippen LogP contribution in [0.4, 0.5) is 74.2 Å². The molecule has 3 N–H and O–H groups in total. The van der Waals surface area contributed by atoms with E-state index in [1.807, 2.05) is 54.9 Å². The lowest BCUT2D eigenvalue weighted by Crippen LogP contribution is -2.39. The predicted octanol–water partition coefficient (Wildman–Crippen LogP) is 7.75. The number of alkyl halides is 9. The Morgan fingerprint density at radius 3 is 2.11 bits per heavy atom. The normalized spacial score (nSPS) is 14.2. The van der Waals surface area contributed by atoms with Crippen LogP contribution in [0.5, 0.6) is 0 Å². The summed E-state index contributed by atoms with van der Waals surface area (Å²) in [5.41, 5.74) is 4.56. The number of anilines is 6. The van der Waals surface area contributed by atoms with Crippen molar-refractivity contribution in [3.05, 3.63) is 83.4 Å². The van der Waals surface area contributed by atoms with Crippen LogP contribution in [0.1, 0.15) is 30.4 Å². The molecule has 0 spiro atoms. The molecule has 2 aliphatic rings. The third kappa shape index (κ3) is 13.7. The van der Waals surface area contributed by atoms with Gasteiger partial charge in [-0.15, -0.1) is 0 Å². The van der Waals surface area contributed by atoms with Crippen molar-refractivity contribution in [3.8, 4) is 0 Å². The van der Waals surface area contributed by atoms with Gasteiger partial charge in [0.1, 0.15) is 10.8 Å². The van der Waals surface area contributed by atoms with Crippen LogP contribution >= 0.6 is 11.6 Å². The number of carbonyl (C=O) groups excluding carboxylic acids is 4. The number of piperidine rings is 1. The van der Waals surface area contributed by atoms with Crippen molar-refractivity contribution in [1.82, 2.24) is 19.9 Å². The van der Waals surface area contributed by atoms with Gasteiger partial charge in [0.25, 0.3) is 0 Å². The predicted molar refractivity (Wildman–Crippen MR) is 188 cm³/mol. The zero-order valence-electron chi connectivity index (χ0n) is 29.1. The van der Waals surface area contributed by atoms with E-state index in [2.05, 4.69) is 40.8 Å². The van der Waals surface area contributed by atoms with Gasteiger partial charge in [0.05, 0.1) is 18.1 Å². The fourth-order valence-electron chi connectivity index (χ4n) is 5.38. The molecule has 0 atom stereocenters. The smallest absolute Gasteiger partial charge is 0.357 e. The van der Waals surface area contributed by atoms with E-state index in [1.165, 1.54) is 0 Å². The summed E-state index contributed by atoms with van der Waals surface area (Å²) in [6, 6.07) is 13.9. The molecule has 4 aromatic rings. The number of nitrogens with zero attached hydrogens (tertiary/aromatic N) is 5. The molecule has 0 unspecified atom stereocenters. The summed E-state index contributed by atoms with van der Waals surface area (Å²) in [6.45, 7) is 1.83. The Labute approximate surface area is 322 Å². The summed E-state index contributed by atoms with van der Waals surface area (Å²) in [4.78, 5) is 61.0. The fourth-order valence-corrected chi connectivity index (χ4v) is 5.52. The largest absolute Gasteiger partial charge is 0.458 e. The first kappa shape index (κ1) is 43.9. The second kappa shape index (κ2) is 18.9. The average Bonchev–Trinajstić information content (AvgIpc) is 3.16. The summed E-state index contributed by atoms with van der Waals surface area (Å²) >= 11 is 6.38. The first-order valence-corrected chi connectivity index (χ1v) is 16.9. The van der Waals surface area contributed by atoms with E-state index in [4.69, 9.17) is 16.4 Å². The van der Waals surface area contributed by atoms with Crippen molar-refractivity contribution in [2.45, 2.75) is 50.6 Å². The number of nitrogens with one attached hydrogen (secondary N) is 3. The maximum absolute atomic E-state index is 13.1. The number of pyridine rings is 2. The summed E-state index contributed by atoms with van der Waals surface area (Å²) in [7, 11) is 0. The topological polar surface area (TPSA) is 159 Å². The van der Waals surface area contributed by atoms with E-state index in [-0.39, 0.29) is 5.91 Å². The second-order valence-corrected chi connectivity index (χ2v) is 12.7. The molecule has 3 aromatic heterocycles. The number of amides is 1. The molecule has 1 aromatic carbocycles. The number of Topliss-reactive ketones (excluding diaryl/α,β-unsaturated/α-hetero) is 2. The number of rotatable bonds is 5. The number of hydrogen-bond acceptors (Lipinski definition) is 11. The number of carbonyl (C=O) groups is 4. The van der Waals surface area contributed by atoms with Crippen molar-refractivity contribution in [2.24, 2.45) is 5.92 Å². The molecule has 0 saturated carbocycles. The van der Waals surface area contributed by atoms with Crippen LogP contribution in [-0.2, 0) is 32.0 Å². The Bertz CT molecular complexity index is 2020. The lowest BCUT2D eigenvalue weighted by Gasteiger charge is -2.32. The molecule has 6 rings (SSSR count). The molecule has 0 aliphatic carbocycles. The lowest BCUT2D eigenvalue weighted by molar-refractivity contribution is -0.193. The molecule has 22 heteroatoms. The summed E-state index contributed by atoms with van der Waals surface area (Å²) < 4.78 is 98.2. The van der Waals surface area contributed by atoms with Crippen LogP contribution in [0.25, 0.3) is 0 Å². The van der Waals surface area contributed by atoms with Gasteiger partial charge in [-0.2, -0.15) is 44.5 Å². The van der Waals surface area contributed by atoms with Gasteiger partial charge in [-0.05, 0) is 79.1 Å². The molecule has 6 bridgehead atoms. The third-order valence-corrected chi connectivity index (χ3v) is 8.31. The molecule has 1 fully saturated rings. The summed E-state index contributed by atoms with van der Waals surface area (Å²) in [6.07, 6.45) is -6.32. The highest BCUT2D eigenvalue weighted by molar-refractivity contribution is 6.41. The van der Waals surface area contributed by atoms with Gasteiger partial charge in [0.2, 0.25) is 18.1 Å². The number of aromatic nitrogens is 4. The SMILES string of the molecule is O=C(C(=O)C(F)(F)F)C(F)(F)F.O=C(CC1CCN(c2ccccn2)CC1)Nc1ccc2cc1CCc1cncc(c1)Nc1ncc(Cl)c(n1)N2.O=CC(F)(F)F. The fraction of sp³-hybridized carbons (Fsp3) is 0.314. The summed E-state index contributed by atoms with van der Waals surface area (Å²) in [5, 5.41) is 10.1. The molecule has 0 radical (unpaired) electrons. The molecule has 57 heavy (non-hydrogen) atoms. The number of aryl methyl sites for hydroxylation is 2. The number of halogens is 10. The van der Waals surface area contributed by atoms with E-state index < -0.39 is 36.4 Å². The van der Waals surface area contributed by atoms with E-state index in [0.717, 1.165) is 72.8 Å². The minimum atomic E-state index is -5.77. The second-order valence-electron chi connectivity index (χ2n) is 12.3. The number of benzene rings is 1. The highest BCUT2D eigenvalue weighted by atomic mass is 35.5. The number of aldehydes is 1. The molecule has 12 nitrogen and oxygen atoms in total. The van der Waals surface area contributed by atoms with Gasteiger partial charge in [-0.1, -0.05) is 17.7 Å². The first-order chi connectivity index (χ1) is 26.7. The van der Waals surface area contributed by atoms with Gasteiger partial charge < -0.3 is 20.9 Å². The van der Waals surface area contributed by atoms with Gasteiger partial charge >= 0.3 is 30.1 Å². The number of fused-ring (bicyclic) bond motifs is 6. The first-order valence-electron chi connectivity index (χ1n) is 16.6. The van der Waals surface area contributed by atoms with Crippen LogP contribution in [0.3, 0.4) is 0 Å². The molecule has 1 saturated heterocycles. The van der Waals surface area contributed by atoms with Crippen LogP contribution in [0.15, 0.2) is 67.3 Å². The Morgan fingerprint density at radius 2 is 1.51 bits per heavy atom. The zero-order chi connectivity index (χ0) is 42.0. The Morgan fingerprint density at radius 1 is 0.842 bits per heavy atom. The molecule has 5 heterocycles. The molecule has 304 valence electrons. The minimum Gasteiger partial charge on any atom is -0.357 e. The Hall–Kier alpha value is -5.86. The average molecular weight is 833 g/mol. The Balaban J connectivity index is 0.000000334. The van der Waals surface area contributed by atoms with Crippen molar-refractivity contribution in [3.63, 3.8) is 0 Å². The van der Waals surface area contributed by atoms with E-state index in [1.54, 1.807) is 12.4 Å².